The maximum atomic E-state index is 10.3. The van der Waals surface area contributed by atoms with Gasteiger partial charge in [0.1, 0.15) is 0 Å². The van der Waals surface area contributed by atoms with Crippen molar-refractivity contribution < 1.29 is 5.11 Å². The molecule has 2 rings (SSSR count). The van der Waals surface area contributed by atoms with E-state index in [1.807, 2.05) is 0 Å². The van der Waals surface area contributed by atoms with Crippen LogP contribution in [0.4, 0.5) is 0 Å². The molecule has 0 aromatic rings. The summed E-state index contributed by atoms with van der Waals surface area (Å²) in [6.45, 7) is 4.54. The molecule has 1 heteroatoms. The molecule has 0 aliphatic heterocycles. The first kappa shape index (κ1) is 12.4. The van der Waals surface area contributed by atoms with Crippen molar-refractivity contribution in [1.82, 2.24) is 0 Å². The van der Waals surface area contributed by atoms with Crippen LogP contribution in [-0.2, 0) is 0 Å². The molecular weight excluding hydrogens is 196 g/mol. The summed E-state index contributed by atoms with van der Waals surface area (Å²) in [6.07, 6.45) is 10.5. The van der Waals surface area contributed by atoms with E-state index >= 15 is 0 Å². The average molecular weight is 224 g/mol. The Hall–Kier alpha value is -0.0400. The molecule has 1 N–H and O–H groups in total. The third-order valence-corrected chi connectivity index (χ3v) is 5.04. The molecule has 0 aromatic carbocycles. The van der Waals surface area contributed by atoms with Gasteiger partial charge in [0, 0.05) is 0 Å². The molecule has 2 saturated carbocycles. The summed E-state index contributed by atoms with van der Waals surface area (Å²) in [4.78, 5) is 0. The molecule has 2 aliphatic rings. The lowest BCUT2D eigenvalue weighted by Crippen LogP contribution is -2.18. The van der Waals surface area contributed by atoms with Crippen molar-refractivity contribution in [2.45, 2.75) is 71.3 Å². The Kier molecular flexibility index (Phi) is 4.29. The van der Waals surface area contributed by atoms with Crippen LogP contribution in [-0.4, -0.2) is 11.2 Å². The van der Waals surface area contributed by atoms with Gasteiger partial charge in [-0.15, -0.1) is 0 Å². The van der Waals surface area contributed by atoms with E-state index in [2.05, 4.69) is 13.8 Å². The van der Waals surface area contributed by atoms with Gasteiger partial charge in [0.2, 0.25) is 0 Å². The van der Waals surface area contributed by atoms with Gasteiger partial charge in [-0.1, -0.05) is 46.0 Å². The number of aliphatic hydroxyl groups is 1. The summed E-state index contributed by atoms with van der Waals surface area (Å²) in [5, 5.41) is 10.3. The van der Waals surface area contributed by atoms with Crippen molar-refractivity contribution in [3.05, 3.63) is 0 Å². The summed E-state index contributed by atoms with van der Waals surface area (Å²) in [7, 11) is 0. The maximum absolute atomic E-state index is 10.3. The fourth-order valence-corrected chi connectivity index (χ4v) is 3.93. The van der Waals surface area contributed by atoms with E-state index in [0.29, 0.717) is 5.92 Å². The minimum atomic E-state index is 0.0251. The fraction of sp³-hybridized carbons (Fsp3) is 1.00. The largest absolute Gasteiger partial charge is 0.393 e. The van der Waals surface area contributed by atoms with Gasteiger partial charge in [-0.05, 0) is 42.9 Å². The van der Waals surface area contributed by atoms with Crippen LogP contribution in [0.1, 0.15) is 65.2 Å². The normalized spacial score (nSPS) is 35.8. The van der Waals surface area contributed by atoms with E-state index in [0.717, 1.165) is 24.2 Å². The quantitative estimate of drug-likeness (QED) is 0.693. The van der Waals surface area contributed by atoms with Crippen LogP contribution < -0.4 is 0 Å². The van der Waals surface area contributed by atoms with Gasteiger partial charge in [-0.25, -0.2) is 0 Å². The third kappa shape index (κ3) is 2.61. The molecule has 4 atom stereocenters. The smallest absolute Gasteiger partial charge is 0.0576 e. The zero-order valence-electron chi connectivity index (χ0n) is 11.0. The Morgan fingerprint density at radius 2 is 1.88 bits per heavy atom. The second-order valence-electron chi connectivity index (χ2n) is 6.06. The molecule has 0 heterocycles. The fourth-order valence-electron chi connectivity index (χ4n) is 3.93. The molecule has 0 spiro atoms. The lowest BCUT2D eigenvalue weighted by atomic mass is 9.90. The highest BCUT2D eigenvalue weighted by atomic mass is 16.3. The topological polar surface area (TPSA) is 20.2 Å². The molecule has 0 saturated heterocycles. The van der Waals surface area contributed by atoms with E-state index in [1.54, 1.807) is 0 Å². The lowest BCUT2D eigenvalue weighted by Gasteiger charge is -2.20. The molecule has 94 valence electrons. The van der Waals surface area contributed by atoms with Gasteiger partial charge < -0.3 is 5.11 Å². The SMILES string of the molecule is CCCCC(CC)CC(O)C1C2CCCC21. The zero-order chi connectivity index (χ0) is 11.5. The second-order valence-corrected chi connectivity index (χ2v) is 6.06. The van der Waals surface area contributed by atoms with Crippen LogP contribution in [0.5, 0.6) is 0 Å². The highest BCUT2D eigenvalue weighted by Crippen LogP contribution is 2.59. The number of fused-ring (bicyclic) bond motifs is 1. The van der Waals surface area contributed by atoms with Crippen LogP contribution in [0.25, 0.3) is 0 Å². The third-order valence-electron chi connectivity index (χ3n) is 5.04. The monoisotopic (exact) mass is 224 g/mol. The van der Waals surface area contributed by atoms with Crippen molar-refractivity contribution in [2.75, 3.05) is 0 Å². The number of hydrogen-bond acceptors (Lipinski definition) is 1. The molecule has 0 radical (unpaired) electrons. The van der Waals surface area contributed by atoms with Crippen molar-refractivity contribution in [2.24, 2.45) is 23.7 Å². The van der Waals surface area contributed by atoms with Gasteiger partial charge in [0.15, 0.2) is 0 Å². The van der Waals surface area contributed by atoms with Crippen molar-refractivity contribution >= 4 is 0 Å². The molecule has 16 heavy (non-hydrogen) atoms. The Balaban J connectivity index is 1.71. The number of aliphatic hydroxyl groups excluding tert-OH is 1. The highest BCUT2D eigenvalue weighted by molar-refractivity contribution is 5.04. The minimum Gasteiger partial charge on any atom is -0.393 e. The van der Waals surface area contributed by atoms with Crippen molar-refractivity contribution in [1.29, 1.82) is 0 Å². The van der Waals surface area contributed by atoms with Gasteiger partial charge in [-0.3, -0.25) is 0 Å². The molecule has 0 aromatic heterocycles. The van der Waals surface area contributed by atoms with E-state index in [1.165, 1.54) is 44.9 Å². The number of rotatable bonds is 7. The predicted octanol–water partition coefficient (Wildman–Crippen LogP) is 4.00. The standard InChI is InChI=1S/C15H28O/c1-3-5-7-11(4-2)10-14(16)15-12-8-6-9-13(12)15/h11-16H,3-10H2,1-2H3. The van der Waals surface area contributed by atoms with Gasteiger partial charge >= 0.3 is 0 Å². The van der Waals surface area contributed by atoms with E-state index in [4.69, 9.17) is 0 Å². The second kappa shape index (κ2) is 5.53. The Morgan fingerprint density at radius 3 is 2.44 bits per heavy atom. The summed E-state index contributed by atoms with van der Waals surface area (Å²) >= 11 is 0. The van der Waals surface area contributed by atoms with Crippen LogP contribution >= 0.6 is 0 Å². The van der Waals surface area contributed by atoms with Crippen LogP contribution in [0, 0.1) is 23.7 Å². The predicted molar refractivity (Wildman–Crippen MR) is 68.3 cm³/mol. The van der Waals surface area contributed by atoms with E-state index in [9.17, 15) is 5.11 Å². The van der Waals surface area contributed by atoms with Crippen molar-refractivity contribution in [3.63, 3.8) is 0 Å². The number of hydrogen-bond donors (Lipinski definition) is 1. The van der Waals surface area contributed by atoms with Crippen molar-refractivity contribution in [3.8, 4) is 0 Å². The summed E-state index contributed by atoms with van der Waals surface area (Å²) in [6, 6.07) is 0. The first-order valence-electron chi connectivity index (χ1n) is 7.46. The summed E-state index contributed by atoms with van der Waals surface area (Å²) in [5.74, 6) is 3.30. The Morgan fingerprint density at radius 1 is 1.19 bits per heavy atom. The molecule has 0 bridgehead atoms. The van der Waals surface area contributed by atoms with Gasteiger partial charge in [0.05, 0.1) is 6.10 Å². The molecular formula is C15H28O. The molecule has 2 aliphatic carbocycles. The average Bonchev–Trinajstić information content (AvgIpc) is 2.78. The zero-order valence-corrected chi connectivity index (χ0v) is 11.0. The Bertz CT molecular complexity index is 203. The molecule has 4 unspecified atom stereocenters. The summed E-state index contributed by atoms with van der Waals surface area (Å²) < 4.78 is 0. The highest BCUT2D eigenvalue weighted by Gasteiger charge is 2.55. The van der Waals surface area contributed by atoms with E-state index in [-0.39, 0.29) is 6.10 Å². The summed E-state index contributed by atoms with van der Waals surface area (Å²) in [5.41, 5.74) is 0. The molecule has 0 amide bonds. The Labute approximate surface area is 101 Å². The molecule has 1 nitrogen and oxygen atoms in total. The number of unbranched alkanes of at least 4 members (excludes halogenated alkanes) is 1. The van der Waals surface area contributed by atoms with Crippen LogP contribution in [0.3, 0.4) is 0 Å². The van der Waals surface area contributed by atoms with Gasteiger partial charge in [0.25, 0.3) is 0 Å². The first-order chi connectivity index (χ1) is 7.77. The van der Waals surface area contributed by atoms with E-state index < -0.39 is 0 Å². The lowest BCUT2D eigenvalue weighted by molar-refractivity contribution is 0.103. The minimum absolute atomic E-state index is 0.0251. The van der Waals surface area contributed by atoms with Crippen LogP contribution in [0.2, 0.25) is 0 Å². The van der Waals surface area contributed by atoms with Gasteiger partial charge in [-0.2, -0.15) is 0 Å². The molecule has 2 fully saturated rings. The first-order valence-corrected chi connectivity index (χ1v) is 7.46. The van der Waals surface area contributed by atoms with Crippen LogP contribution in [0.15, 0.2) is 0 Å². The maximum Gasteiger partial charge on any atom is 0.0576 e.